The van der Waals surface area contributed by atoms with Crippen LogP contribution in [0.5, 0.6) is 0 Å². The molecule has 3 nitrogen and oxygen atoms in total. The second kappa shape index (κ2) is 5.21. The van der Waals surface area contributed by atoms with Crippen molar-refractivity contribution in [3.63, 3.8) is 0 Å². The van der Waals surface area contributed by atoms with E-state index in [9.17, 15) is 9.00 Å². The Bertz CT molecular complexity index is 386. The van der Waals surface area contributed by atoms with Crippen molar-refractivity contribution in [3.05, 3.63) is 22.4 Å². The molecule has 1 aromatic rings. The first kappa shape index (κ1) is 12.0. The summed E-state index contributed by atoms with van der Waals surface area (Å²) in [5.41, 5.74) is 0. The van der Waals surface area contributed by atoms with Crippen LogP contribution < -0.4 is 0 Å². The predicted octanol–water partition coefficient (Wildman–Crippen LogP) is 1.86. The molecule has 0 N–H and O–H groups in total. The molecule has 3 atom stereocenters. The van der Waals surface area contributed by atoms with E-state index in [-0.39, 0.29) is 22.9 Å². The maximum absolute atomic E-state index is 12.0. The van der Waals surface area contributed by atoms with Crippen LogP contribution in [0.25, 0.3) is 0 Å². The SMILES string of the molecule is CC1OCCC1S(=O)CC(=O)c1cccs1. The molecule has 1 aromatic heterocycles. The first-order valence-corrected chi connectivity index (χ1v) is 7.50. The van der Waals surface area contributed by atoms with E-state index in [0.717, 1.165) is 6.42 Å². The summed E-state index contributed by atoms with van der Waals surface area (Å²) >= 11 is 1.40. The fraction of sp³-hybridized carbons (Fsp3) is 0.545. The molecule has 0 amide bonds. The Kier molecular flexibility index (Phi) is 3.89. The minimum atomic E-state index is -1.11. The molecule has 0 aliphatic carbocycles. The molecule has 16 heavy (non-hydrogen) atoms. The highest BCUT2D eigenvalue weighted by atomic mass is 32.2. The molecule has 0 saturated carbocycles. The number of ketones is 1. The number of hydrogen-bond acceptors (Lipinski definition) is 4. The van der Waals surface area contributed by atoms with Crippen molar-refractivity contribution in [2.24, 2.45) is 0 Å². The van der Waals surface area contributed by atoms with Crippen molar-refractivity contribution >= 4 is 27.9 Å². The number of carbonyl (C=O) groups is 1. The molecule has 0 radical (unpaired) electrons. The van der Waals surface area contributed by atoms with Gasteiger partial charge in [0.2, 0.25) is 0 Å². The molecular weight excluding hydrogens is 244 g/mol. The molecule has 1 aliphatic rings. The van der Waals surface area contributed by atoms with Crippen molar-refractivity contribution in [3.8, 4) is 0 Å². The molecule has 0 bridgehead atoms. The smallest absolute Gasteiger partial charge is 0.185 e. The maximum Gasteiger partial charge on any atom is 0.185 e. The quantitative estimate of drug-likeness (QED) is 0.774. The molecule has 3 unspecified atom stereocenters. The van der Waals surface area contributed by atoms with Gasteiger partial charge in [0, 0.05) is 17.4 Å². The van der Waals surface area contributed by atoms with E-state index < -0.39 is 10.8 Å². The van der Waals surface area contributed by atoms with Gasteiger partial charge in [-0.3, -0.25) is 9.00 Å². The maximum atomic E-state index is 12.0. The van der Waals surface area contributed by atoms with Gasteiger partial charge in [-0.25, -0.2) is 0 Å². The number of carbonyl (C=O) groups excluding carboxylic acids is 1. The van der Waals surface area contributed by atoms with Crippen LogP contribution in [0, 0.1) is 0 Å². The summed E-state index contributed by atoms with van der Waals surface area (Å²) in [6, 6.07) is 3.61. The Morgan fingerprint density at radius 3 is 3.06 bits per heavy atom. The minimum Gasteiger partial charge on any atom is -0.377 e. The van der Waals surface area contributed by atoms with Crippen LogP contribution >= 0.6 is 11.3 Å². The Morgan fingerprint density at radius 1 is 1.69 bits per heavy atom. The molecular formula is C11H14O3S2. The van der Waals surface area contributed by atoms with E-state index >= 15 is 0 Å². The average Bonchev–Trinajstić information content (AvgIpc) is 2.86. The minimum absolute atomic E-state index is 0.0111. The standard InChI is InChI=1S/C11H14O3S2/c1-8-11(4-5-14-8)16(13)7-9(12)10-3-2-6-15-10/h2-3,6,8,11H,4-5,7H2,1H3. The monoisotopic (exact) mass is 258 g/mol. The zero-order valence-electron chi connectivity index (χ0n) is 9.05. The summed E-state index contributed by atoms with van der Waals surface area (Å²) in [4.78, 5) is 12.5. The van der Waals surface area contributed by atoms with Gasteiger partial charge in [-0.05, 0) is 24.8 Å². The van der Waals surface area contributed by atoms with Crippen molar-refractivity contribution in [1.82, 2.24) is 0 Å². The predicted molar refractivity (Wildman–Crippen MR) is 65.5 cm³/mol. The molecule has 5 heteroatoms. The summed E-state index contributed by atoms with van der Waals surface area (Å²) in [6.45, 7) is 2.58. The highest BCUT2D eigenvalue weighted by Gasteiger charge is 2.30. The van der Waals surface area contributed by atoms with E-state index in [1.54, 1.807) is 6.07 Å². The molecule has 0 spiro atoms. The summed E-state index contributed by atoms with van der Waals surface area (Å²) in [5, 5.41) is 1.88. The van der Waals surface area contributed by atoms with Crippen LogP contribution in [0.15, 0.2) is 17.5 Å². The van der Waals surface area contributed by atoms with E-state index in [0.29, 0.717) is 11.5 Å². The molecule has 1 aliphatic heterocycles. The Hall–Kier alpha value is -0.520. The van der Waals surface area contributed by atoms with Gasteiger partial charge in [0.25, 0.3) is 0 Å². The molecule has 0 aromatic carbocycles. The van der Waals surface area contributed by atoms with Crippen LogP contribution in [-0.4, -0.2) is 33.7 Å². The van der Waals surface area contributed by atoms with Gasteiger partial charge in [-0.1, -0.05) is 6.07 Å². The lowest BCUT2D eigenvalue weighted by Gasteiger charge is -2.12. The van der Waals surface area contributed by atoms with Crippen molar-refractivity contribution in [2.75, 3.05) is 12.4 Å². The zero-order chi connectivity index (χ0) is 11.5. The lowest BCUT2D eigenvalue weighted by Crippen LogP contribution is -2.27. The topological polar surface area (TPSA) is 43.4 Å². The second-order valence-corrected chi connectivity index (χ2v) is 6.43. The van der Waals surface area contributed by atoms with E-state index in [2.05, 4.69) is 0 Å². The first-order valence-electron chi connectivity index (χ1n) is 5.24. The zero-order valence-corrected chi connectivity index (χ0v) is 10.7. The largest absolute Gasteiger partial charge is 0.377 e. The van der Waals surface area contributed by atoms with E-state index in [4.69, 9.17) is 4.74 Å². The normalized spacial score (nSPS) is 26.8. The highest BCUT2D eigenvalue weighted by Crippen LogP contribution is 2.20. The Morgan fingerprint density at radius 2 is 2.50 bits per heavy atom. The van der Waals surface area contributed by atoms with Gasteiger partial charge in [0.05, 0.1) is 22.0 Å². The van der Waals surface area contributed by atoms with Gasteiger partial charge in [-0.15, -0.1) is 11.3 Å². The molecule has 88 valence electrons. The van der Waals surface area contributed by atoms with Crippen LogP contribution in [0.4, 0.5) is 0 Å². The third kappa shape index (κ3) is 2.59. The molecule has 2 heterocycles. The summed E-state index contributed by atoms with van der Waals surface area (Å²) in [6.07, 6.45) is 0.808. The number of Topliss-reactive ketones (excluding diaryl/α,β-unsaturated/α-hetero) is 1. The van der Waals surface area contributed by atoms with Crippen molar-refractivity contribution < 1.29 is 13.7 Å². The van der Waals surface area contributed by atoms with Crippen LogP contribution in [0.3, 0.4) is 0 Å². The lowest BCUT2D eigenvalue weighted by molar-refractivity contribution is 0.102. The second-order valence-electron chi connectivity index (χ2n) is 3.83. The van der Waals surface area contributed by atoms with E-state index in [1.165, 1.54) is 11.3 Å². The van der Waals surface area contributed by atoms with Crippen LogP contribution in [0.1, 0.15) is 23.0 Å². The molecule has 1 saturated heterocycles. The number of thiophene rings is 1. The third-order valence-corrected chi connectivity index (χ3v) is 5.47. The van der Waals surface area contributed by atoms with Crippen molar-refractivity contribution in [1.29, 1.82) is 0 Å². The first-order chi connectivity index (χ1) is 7.68. The fourth-order valence-corrected chi connectivity index (χ4v) is 4.05. The van der Waals surface area contributed by atoms with Gasteiger partial charge in [0.15, 0.2) is 5.78 Å². The summed E-state index contributed by atoms with van der Waals surface area (Å²) in [5.74, 6) is 0.103. The van der Waals surface area contributed by atoms with E-state index in [1.807, 2.05) is 18.4 Å². The van der Waals surface area contributed by atoms with Crippen LogP contribution in [0.2, 0.25) is 0 Å². The summed E-state index contributed by atoms with van der Waals surface area (Å²) < 4.78 is 17.3. The highest BCUT2D eigenvalue weighted by molar-refractivity contribution is 7.86. The van der Waals surface area contributed by atoms with Gasteiger partial charge in [0.1, 0.15) is 0 Å². The number of hydrogen-bond donors (Lipinski definition) is 0. The van der Waals surface area contributed by atoms with Gasteiger partial charge in [-0.2, -0.15) is 0 Å². The van der Waals surface area contributed by atoms with Gasteiger partial charge < -0.3 is 4.74 Å². The molecule has 1 fully saturated rings. The number of ether oxygens (including phenoxy) is 1. The average molecular weight is 258 g/mol. The summed E-state index contributed by atoms with van der Waals surface area (Å²) in [7, 11) is -1.11. The third-order valence-electron chi connectivity index (χ3n) is 2.71. The molecule has 2 rings (SSSR count). The Labute approximate surface area is 101 Å². The number of rotatable bonds is 4. The lowest BCUT2D eigenvalue weighted by atomic mass is 10.3. The Balaban J connectivity index is 1.95. The fourth-order valence-electron chi connectivity index (χ4n) is 1.80. The van der Waals surface area contributed by atoms with Gasteiger partial charge >= 0.3 is 0 Å². The van der Waals surface area contributed by atoms with Crippen molar-refractivity contribution in [2.45, 2.75) is 24.7 Å². The van der Waals surface area contributed by atoms with Crippen LogP contribution in [-0.2, 0) is 15.5 Å².